The quantitative estimate of drug-likeness (QED) is 0.887. The lowest BCUT2D eigenvalue weighted by Crippen LogP contribution is -2.18. The van der Waals surface area contributed by atoms with Gasteiger partial charge in [0.05, 0.1) is 16.9 Å². The van der Waals surface area contributed by atoms with Gasteiger partial charge in [-0.15, -0.1) is 0 Å². The Kier molecular flexibility index (Phi) is 3.54. The molecule has 1 aromatic carbocycles. The molecule has 1 heterocycles. The molecule has 1 amide bonds. The number of amides is 1. The van der Waals surface area contributed by atoms with Gasteiger partial charge >= 0.3 is 6.18 Å². The molecule has 2 rings (SSSR count). The van der Waals surface area contributed by atoms with E-state index in [9.17, 15) is 18.0 Å². The van der Waals surface area contributed by atoms with Gasteiger partial charge in [-0.3, -0.25) is 4.79 Å². The molecule has 8 heteroatoms. The molecule has 21 heavy (non-hydrogen) atoms. The lowest BCUT2D eigenvalue weighted by Gasteiger charge is -2.13. The fourth-order valence-electron chi connectivity index (χ4n) is 1.82. The van der Waals surface area contributed by atoms with Crippen LogP contribution in [0, 0.1) is 6.92 Å². The third kappa shape index (κ3) is 2.78. The molecule has 0 saturated carbocycles. The summed E-state index contributed by atoms with van der Waals surface area (Å²) in [5.41, 5.74) is 9.43. The Hall–Kier alpha value is -2.64. The van der Waals surface area contributed by atoms with E-state index >= 15 is 0 Å². The predicted molar refractivity (Wildman–Crippen MR) is 70.1 cm³/mol. The van der Waals surface area contributed by atoms with Crippen LogP contribution in [0.25, 0.3) is 11.4 Å². The van der Waals surface area contributed by atoms with Crippen LogP contribution in [-0.2, 0) is 6.18 Å². The van der Waals surface area contributed by atoms with Crippen LogP contribution >= 0.6 is 0 Å². The number of rotatable bonds is 2. The molecule has 0 atom stereocenters. The lowest BCUT2D eigenvalue weighted by molar-refractivity contribution is -0.137. The van der Waals surface area contributed by atoms with Gasteiger partial charge in [0.15, 0.2) is 11.5 Å². The third-order valence-electron chi connectivity index (χ3n) is 2.84. The average molecular weight is 296 g/mol. The average Bonchev–Trinajstić information content (AvgIpc) is 2.40. The highest BCUT2D eigenvalue weighted by molar-refractivity contribution is 5.96. The number of nitrogens with two attached hydrogens (primary N) is 2. The third-order valence-corrected chi connectivity index (χ3v) is 2.84. The normalized spacial score (nSPS) is 11.4. The molecular formula is C13H11F3N4O. The van der Waals surface area contributed by atoms with Crippen LogP contribution < -0.4 is 11.5 Å². The van der Waals surface area contributed by atoms with Crippen LogP contribution in [0.4, 0.5) is 18.9 Å². The number of benzene rings is 1. The number of hydrogen-bond donors (Lipinski definition) is 2. The summed E-state index contributed by atoms with van der Waals surface area (Å²) < 4.78 is 39.0. The fraction of sp³-hybridized carbons (Fsp3) is 0.154. The van der Waals surface area contributed by atoms with Crippen LogP contribution in [0.5, 0.6) is 0 Å². The van der Waals surface area contributed by atoms with Crippen molar-refractivity contribution in [2.24, 2.45) is 5.73 Å². The van der Waals surface area contributed by atoms with Crippen molar-refractivity contribution in [2.75, 3.05) is 5.73 Å². The van der Waals surface area contributed by atoms with Crippen LogP contribution in [-0.4, -0.2) is 15.9 Å². The highest BCUT2D eigenvalue weighted by atomic mass is 19.4. The molecule has 0 aliphatic rings. The first-order valence-electron chi connectivity index (χ1n) is 5.82. The number of aromatic nitrogens is 2. The summed E-state index contributed by atoms with van der Waals surface area (Å²) >= 11 is 0. The Balaban J connectivity index is 2.72. The zero-order valence-corrected chi connectivity index (χ0v) is 10.9. The number of anilines is 1. The zero-order valence-electron chi connectivity index (χ0n) is 10.9. The van der Waals surface area contributed by atoms with E-state index < -0.39 is 17.6 Å². The number of primary amides is 1. The van der Waals surface area contributed by atoms with E-state index in [1.54, 1.807) is 0 Å². The summed E-state index contributed by atoms with van der Waals surface area (Å²) in [4.78, 5) is 19.0. The molecule has 0 unspecified atom stereocenters. The minimum absolute atomic E-state index is 0.0456. The Labute approximate surface area is 117 Å². The number of nitrogens with zero attached hydrogens (tertiary/aromatic N) is 2. The standard InChI is InChI=1S/C13H11F3N4O/c1-6-9(17)10(11(18)21)20-12(19-6)7-4-2-3-5-8(7)13(14,15)16/h2-5H,17H2,1H3,(H2,18,21). The first kappa shape index (κ1) is 14.8. The largest absolute Gasteiger partial charge is 0.417 e. The number of hydrogen-bond acceptors (Lipinski definition) is 4. The lowest BCUT2D eigenvalue weighted by atomic mass is 10.1. The van der Waals surface area contributed by atoms with Crippen molar-refractivity contribution in [2.45, 2.75) is 13.1 Å². The minimum Gasteiger partial charge on any atom is -0.395 e. The summed E-state index contributed by atoms with van der Waals surface area (Å²) in [5.74, 6) is -1.17. The molecule has 0 fully saturated rings. The van der Waals surface area contributed by atoms with E-state index in [4.69, 9.17) is 11.5 Å². The molecule has 0 aliphatic carbocycles. The maximum Gasteiger partial charge on any atom is 0.417 e. The monoisotopic (exact) mass is 296 g/mol. The molecule has 0 spiro atoms. The summed E-state index contributed by atoms with van der Waals surface area (Å²) in [6.07, 6.45) is -4.57. The van der Waals surface area contributed by atoms with Crippen molar-refractivity contribution in [3.8, 4) is 11.4 Å². The molecule has 0 bridgehead atoms. The Morgan fingerprint density at radius 3 is 2.38 bits per heavy atom. The van der Waals surface area contributed by atoms with Gasteiger partial charge in [0.1, 0.15) is 0 Å². The Bertz CT molecular complexity index is 713. The molecule has 110 valence electrons. The summed E-state index contributed by atoms with van der Waals surface area (Å²) in [7, 11) is 0. The minimum atomic E-state index is -4.57. The van der Waals surface area contributed by atoms with Gasteiger partial charge in [0.2, 0.25) is 0 Å². The first-order chi connectivity index (χ1) is 9.71. The molecule has 0 aliphatic heterocycles. The van der Waals surface area contributed by atoms with Crippen LogP contribution in [0.3, 0.4) is 0 Å². The number of halogens is 3. The van der Waals surface area contributed by atoms with E-state index in [0.29, 0.717) is 0 Å². The van der Waals surface area contributed by atoms with E-state index in [-0.39, 0.29) is 28.5 Å². The Morgan fingerprint density at radius 1 is 1.19 bits per heavy atom. The van der Waals surface area contributed by atoms with Crippen molar-refractivity contribution in [1.82, 2.24) is 9.97 Å². The number of alkyl halides is 3. The molecule has 2 aromatic rings. The van der Waals surface area contributed by atoms with Gasteiger partial charge in [0.25, 0.3) is 5.91 Å². The van der Waals surface area contributed by atoms with Crippen molar-refractivity contribution in [3.05, 3.63) is 41.2 Å². The van der Waals surface area contributed by atoms with Crippen LogP contribution in [0.15, 0.2) is 24.3 Å². The second-order valence-electron chi connectivity index (χ2n) is 4.30. The summed E-state index contributed by atoms with van der Waals surface area (Å²) in [6, 6.07) is 4.81. The molecule has 0 saturated heterocycles. The van der Waals surface area contributed by atoms with Gasteiger partial charge in [-0.05, 0) is 13.0 Å². The number of nitrogen functional groups attached to an aromatic ring is 1. The maximum absolute atomic E-state index is 13.0. The van der Waals surface area contributed by atoms with Crippen molar-refractivity contribution < 1.29 is 18.0 Å². The van der Waals surface area contributed by atoms with E-state index in [1.165, 1.54) is 25.1 Å². The zero-order chi connectivity index (χ0) is 15.8. The highest BCUT2D eigenvalue weighted by Gasteiger charge is 2.34. The van der Waals surface area contributed by atoms with Gasteiger partial charge in [-0.1, -0.05) is 18.2 Å². The highest BCUT2D eigenvalue weighted by Crippen LogP contribution is 2.36. The van der Waals surface area contributed by atoms with Gasteiger partial charge in [-0.25, -0.2) is 9.97 Å². The summed E-state index contributed by atoms with van der Waals surface area (Å²) in [5, 5.41) is 0. The Morgan fingerprint density at radius 2 is 1.81 bits per heavy atom. The molecule has 1 aromatic heterocycles. The smallest absolute Gasteiger partial charge is 0.395 e. The van der Waals surface area contributed by atoms with Crippen LogP contribution in [0.1, 0.15) is 21.7 Å². The second-order valence-corrected chi connectivity index (χ2v) is 4.30. The van der Waals surface area contributed by atoms with Crippen LogP contribution in [0.2, 0.25) is 0 Å². The predicted octanol–water partition coefficient (Wildman–Crippen LogP) is 2.15. The van der Waals surface area contributed by atoms with E-state index in [0.717, 1.165) is 6.07 Å². The maximum atomic E-state index is 13.0. The SMILES string of the molecule is Cc1nc(-c2ccccc2C(F)(F)F)nc(C(N)=O)c1N. The molecular weight excluding hydrogens is 285 g/mol. The number of carbonyl (C=O) groups is 1. The fourth-order valence-corrected chi connectivity index (χ4v) is 1.82. The first-order valence-corrected chi connectivity index (χ1v) is 5.82. The molecule has 5 nitrogen and oxygen atoms in total. The van der Waals surface area contributed by atoms with E-state index in [2.05, 4.69) is 9.97 Å². The summed E-state index contributed by atoms with van der Waals surface area (Å²) in [6.45, 7) is 1.46. The van der Waals surface area contributed by atoms with Gasteiger partial charge in [0, 0.05) is 5.56 Å². The molecule has 4 N–H and O–H groups in total. The topological polar surface area (TPSA) is 94.9 Å². The van der Waals surface area contributed by atoms with E-state index in [1.807, 2.05) is 0 Å². The number of carbonyl (C=O) groups excluding carboxylic acids is 1. The van der Waals surface area contributed by atoms with Crippen molar-refractivity contribution in [1.29, 1.82) is 0 Å². The number of aryl methyl sites for hydroxylation is 1. The second kappa shape index (κ2) is 5.04. The van der Waals surface area contributed by atoms with Gasteiger partial charge in [-0.2, -0.15) is 13.2 Å². The van der Waals surface area contributed by atoms with Gasteiger partial charge < -0.3 is 11.5 Å². The van der Waals surface area contributed by atoms with Crippen molar-refractivity contribution in [3.63, 3.8) is 0 Å². The van der Waals surface area contributed by atoms with Crippen molar-refractivity contribution >= 4 is 11.6 Å². The molecule has 0 radical (unpaired) electrons.